The maximum absolute atomic E-state index is 6.49. The van der Waals surface area contributed by atoms with Crippen LogP contribution in [0.15, 0.2) is 42.5 Å². The molecular weight excluding hydrogens is 350 g/mol. The third kappa shape index (κ3) is 2.60. The van der Waals surface area contributed by atoms with E-state index in [9.17, 15) is 0 Å². The van der Waals surface area contributed by atoms with Gasteiger partial charge in [0.2, 0.25) is 5.75 Å². The minimum absolute atomic E-state index is 0.108. The first-order valence-corrected chi connectivity index (χ1v) is 9.07. The molecule has 0 fully saturated rings. The second kappa shape index (κ2) is 6.76. The minimum Gasteiger partial charge on any atom is -0.493 e. The Balaban J connectivity index is 1.82. The van der Waals surface area contributed by atoms with Crippen LogP contribution < -0.4 is 19.5 Å². The number of nitrogens with one attached hydrogen (secondary N) is 1. The first-order valence-electron chi connectivity index (χ1n) is 8.69. The van der Waals surface area contributed by atoms with Crippen molar-refractivity contribution >= 4 is 17.3 Å². The van der Waals surface area contributed by atoms with E-state index in [1.54, 1.807) is 21.3 Å². The Labute approximate surface area is 158 Å². The monoisotopic (exact) mass is 371 g/mol. The average molecular weight is 372 g/mol. The average Bonchev–Trinajstić information content (AvgIpc) is 3.16. The summed E-state index contributed by atoms with van der Waals surface area (Å²) in [6.07, 6.45) is 5.58. The Hall–Kier alpha value is -2.33. The van der Waals surface area contributed by atoms with Gasteiger partial charge in [-0.2, -0.15) is 0 Å². The normalized spacial score (nSPS) is 23.0. The zero-order valence-corrected chi connectivity index (χ0v) is 15.8. The highest BCUT2D eigenvalue weighted by molar-refractivity contribution is 6.33. The van der Waals surface area contributed by atoms with E-state index in [4.69, 9.17) is 25.8 Å². The maximum atomic E-state index is 6.49. The lowest BCUT2D eigenvalue weighted by atomic mass is 9.77. The molecule has 0 radical (unpaired) electrons. The standard InChI is InChI=1S/C21H22ClNO3/c1-24-17-10-12(11-18(25-2)21(17)26-3)19-14-7-4-6-13(14)15-8-5-9-16(22)20(15)23-19/h4-6,8-11,13-14,19,23H,7H2,1-3H3/t13-,14-,19+/m1/s1. The quantitative estimate of drug-likeness (QED) is 0.750. The van der Waals surface area contributed by atoms with Crippen LogP contribution in [0.2, 0.25) is 5.02 Å². The predicted molar refractivity (Wildman–Crippen MR) is 104 cm³/mol. The summed E-state index contributed by atoms with van der Waals surface area (Å²) in [5.41, 5.74) is 3.38. The van der Waals surface area contributed by atoms with E-state index in [1.807, 2.05) is 24.3 Å². The van der Waals surface area contributed by atoms with Gasteiger partial charge >= 0.3 is 0 Å². The number of hydrogen-bond donors (Lipinski definition) is 1. The number of ether oxygens (including phenoxy) is 3. The van der Waals surface area contributed by atoms with Crippen LogP contribution in [0.3, 0.4) is 0 Å². The molecule has 2 aromatic rings. The van der Waals surface area contributed by atoms with Crippen molar-refractivity contribution in [3.63, 3.8) is 0 Å². The summed E-state index contributed by atoms with van der Waals surface area (Å²) in [5.74, 6) is 2.71. The maximum Gasteiger partial charge on any atom is 0.203 e. The summed E-state index contributed by atoms with van der Waals surface area (Å²) >= 11 is 6.49. The van der Waals surface area contributed by atoms with Crippen molar-refractivity contribution < 1.29 is 14.2 Å². The van der Waals surface area contributed by atoms with Crippen molar-refractivity contribution in [3.8, 4) is 17.2 Å². The fraction of sp³-hybridized carbons (Fsp3) is 0.333. The molecule has 5 heteroatoms. The number of rotatable bonds is 4. The molecule has 3 atom stereocenters. The van der Waals surface area contributed by atoms with Crippen LogP contribution in [0.5, 0.6) is 17.2 Å². The fourth-order valence-corrected chi connectivity index (χ4v) is 4.43. The van der Waals surface area contributed by atoms with Crippen LogP contribution in [0, 0.1) is 5.92 Å². The van der Waals surface area contributed by atoms with Gasteiger partial charge in [-0.1, -0.05) is 35.9 Å². The molecular formula is C21H22ClNO3. The lowest BCUT2D eigenvalue weighted by molar-refractivity contribution is 0.322. The summed E-state index contributed by atoms with van der Waals surface area (Å²) in [6, 6.07) is 10.3. The van der Waals surface area contributed by atoms with Gasteiger partial charge in [0.1, 0.15) is 0 Å². The molecule has 0 bridgehead atoms. The molecule has 0 saturated heterocycles. The van der Waals surface area contributed by atoms with Crippen molar-refractivity contribution in [2.45, 2.75) is 18.4 Å². The molecule has 4 nitrogen and oxygen atoms in total. The van der Waals surface area contributed by atoms with Crippen molar-refractivity contribution in [3.05, 3.63) is 58.6 Å². The molecule has 0 spiro atoms. The number of allylic oxidation sites excluding steroid dienone is 2. The number of para-hydroxylation sites is 1. The number of anilines is 1. The number of fused-ring (bicyclic) bond motifs is 3. The molecule has 0 amide bonds. The largest absolute Gasteiger partial charge is 0.493 e. The highest BCUT2D eigenvalue weighted by Gasteiger charge is 2.39. The highest BCUT2D eigenvalue weighted by Crippen LogP contribution is 2.52. The molecule has 1 aliphatic carbocycles. The van der Waals surface area contributed by atoms with Crippen molar-refractivity contribution in [2.24, 2.45) is 5.92 Å². The highest BCUT2D eigenvalue weighted by atomic mass is 35.5. The SMILES string of the molecule is COc1cc([C@@H]2Nc3c(Cl)cccc3[C@@H]3C=CC[C@H]32)cc(OC)c1OC. The van der Waals surface area contributed by atoms with Crippen LogP contribution in [0.1, 0.15) is 29.5 Å². The number of hydrogen-bond acceptors (Lipinski definition) is 4. The van der Waals surface area contributed by atoms with E-state index in [-0.39, 0.29) is 6.04 Å². The van der Waals surface area contributed by atoms with E-state index in [0.717, 1.165) is 22.7 Å². The van der Waals surface area contributed by atoms with Gasteiger partial charge in [-0.25, -0.2) is 0 Å². The van der Waals surface area contributed by atoms with Gasteiger partial charge < -0.3 is 19.5 Å². The van der Waals surface area contributed by atoms with Crippen molar-refractivity contribution in [2.75, 3.05) is 26.6 Å². The van der Waals surface area contributed by atoms with Crippen molar-refractivity contribution in [1.29, 1.82) is 0 Å². The van der Waals surface area contributed by atoms with Gasteiger partial charge in [0.05, 0.1) is 38.1 Å². The molecule has 2 aliphatic rings. The Morgan fingerprint density at radius 3 is 2.42 bits per heavy atom. The molecule has 136 valence electrons. The molecule has 0 aromatic heterocycles. The number of halogens is 1. The summed E-state index contributed by atoms with van der Waals surface area (Å²) in [6.45, 7) is 0. The van der Waals surface area contributed by atoms with Gasteiger partial charge in [0.25, 0.3) is 0 Å². The van der Waals surface area contributed by atoms with Crippen LogP contribution in [-0.2, 0) is 0 Å². The molecule has 0 saturated carbocycles. The number of benzene rings is 2. The van der Waals surface area contributed by atoms with E-state index in [2.05, 4.69) is 23.5 Å². The smallest absolute Gasteiger partial charge is 0.203 e. The van der Waals surface area contributed by atoms with Crippen LogP contribution in [0.4, 0.5) is 5.69 Å². The Bertz CT molecular complexity index is 839. The third-order valence-corrected chi connectivity index (χ3v) is 5.71. The van der Waals surface area contributed by atoms with Crippen LogP contribution in [-0.4, -0.2) is 21.3 Å². The zero-order valence-electron chi connectivity index (χ0n) is 15.1. The van der Waals surface area contributed by atoms with E-state index >= 15 is 0 Å². The number of methoxy groups -OCH3 is 3. The van der Waals surface area contributed by atoms with Gasteiger partial charge in [-0.05, 0) is 41.7 Å². The summed E-state index contributed by atoms with van der Waals surface area (Å²) < 4.78 is 16.5. The van der Waals surface area contributed by atoms with E-state index in [0.29, 0.717) is 29.1 Å². The Kier molecular flexibility index (Phi) is 4.45. The lowest BCUT2D eigenvalue weighted by Gasteiger charge is -2.38. The van der Waals surface area contributed by atoms with Gasteiger partial charge in [-0.3, -0.25) is 0 Å². The minimum atomic E-state index is 0.108. The first kappa shape index (κ1) is 17.1. The molecule has 1 N–H and O–H groups in total. The zero-order chi connectivity index (χ0) is 18.3. The van der Waals surface area contributed by atoms with Crippen molar-refractivity contribution in [1.82, 2.24) is 0 Å². The Morgan fingerprint density at radius 2 is 1.77 bits per heavy atom. The molecule has 2 aromatic carbocycles. The summed E-state index contributed by atoms with van der Waals surface area (Å²) in [7, 11) is 4.90. The Morgan fingerprint density at radius 1 is 1.04 bits per heavy atom. The second-order valence-electron chi connectivity index (χ2n) is 6.64. The van der Waals surface area contributed by atoms with Gasteiger partial charge in [0.15, 0.2) is 11.5 Å². The van der Waals surface area contributed by atoms with Gasteiger partial charge in [0, 0.05) is 5.92 Å². The first-order chi connectivity index (χ1) is 12.7. The van der Waals surface area contributed by atoms with Gasteiger partial charge in [-0.15, -0.1) is 0 Å². The summed E-state index contributed by atoms with van der Waals surface area (Å²) in [4.78, 5) is 0. The predicted octanol–water partition coefficient (Wildman–Crippen LogP) is 5.19. The molecule has 0 unspecified atom stereocenters. The molecule has 26 heavy (non-hydrogen) atoms. The van der Waals surface area contributed by atoms with E-state index in [1.165, 1.54) is 5.56 Å². The van der Waals surface area contributed by atoms with Crippen LogP contribution in [0.25, 0.3) is 0 Å². The lowest BCUT2D eigenvalue weighted by Crippen LogP contribution is -2.29. The topological polar surface area (TPSA) is 39.7 Å². The van der Waals surface area contributed by atoms with E-state index < -0.39 is 0 Å². The molecule has 1 aliphatic heterocycles. The second-order valence-corrected chi connectivity index (χ2v) is 7.05. The summed E-state index contributed by atoms with van der Waals surface area (Å²) in [5, 5.41) is 4.42. The fourth-order valence-electron chi connectivity index (χ4n) is 4.19. The molecule has 1 heterocycles. The molecule has 4 rings (SSSR count). The van der Waals surface area contributed by atoms with Crippen LogP contribution >= 0.6 is 11.6 Å². The third-order valence-electron chi connectivity index (χ3n) is 5.39.